The molecular formula is C21H40N8O6S2. The van der Waals surface area contributed by atoms with Gasteiger partial charge in [0.15, 0.2) is 5.96 Å². The standard InChI is InChI=1S/C21H40N8O6S2/c1-36-10-7-12(22)17(31)27-14(5-6-16(23)30)19(33)28-13(4-3-9-26-21(24)25)18(32)29-15(20(34)35)8-11-37-2/h12-15H,3-11,22H2,1-2H3,(H2,23,30)(H,27,31)(H,28,33)(H,29,32)(H,34,35)(H4,24,25,26). The van der Waals surface area contributed by atoms with Crippen LogP contribution in [0, 0.1) is 0 Å². The maximum Gasteiger partial charge on any atom is 0.326 e. The van der Waals surface area contributed by atoms with Crippen LogP contribution in [0.1, 0.15) is 38.5 Å². The molecule has 37 heavy (non-hydrogen) atoms. The molecule has 212 valence electrons. The highest BCUT2D eigenvalue weighted by molar-refractivity contribution is 7.98. The number of nitrogens with two attached hydrogens (primary N) is 4. The summed E-state index contributed by atoms with van der Waals surface area (Å²) in [6.45, 7) is 0.170. The molecule has 4 unspecified atom stereocenters. The van der Waals surface area contributed by atoms with Crippen LogP contribution in [0.3, 0.4) is 0 Å². The van der Waals surface area contributed by atoms with Gasteiger partial charge in [0, 0.05) is 13.0 Å². The van der Waals surface area contributed by atoms with Crippen molar-refractivity contribution in [3.63, 3.8) is 0 Å². The van der Waals surface area contributed by atoms with Crippen molar-refractivity contribution < 1.29 is 29.1 Å². The first-order chi connectivity index (χ1) is 17.4. The molecule has 0 spiro atoms. The minimum atomic E-state index is -1.21. The summed E-state index contributed by atoms with van der Waals surface area (Å²) in [5.41, 5.74) is 21.7. The lowest BCUT2D eigenvalue weighted by Gasteiger charge is -2.25. The maximum atomic E-state index is 13.1. The quantitative estimate of drug-likeness (QED) is 0.0442. The third kappa shape index (κ3) is 15.9. The first kappa shape index (κ1) is 34.3. The highest BCUT2D eigenvalue weighted by Crippen LogP contribution is 2.07. The van der Waals surface area contributed by atoms with E-state index in [0.717, 1.165) is 0 Å². The van der Waals surface area contributed by atoms with Gasteiger partial charge in [0.1, 0.15) is 18.1 Å². The fourth-order valence-electron chi connectivity index (χ4n) is 3.02. The van der Waals surface area contributed by atoms with Crippen LogP contribution in [0.25, 0.3) is 0 Å². The van der Waals surface area contributed by atoms with Gasteiger partial charge in [-0.2, -0.15) is 23.5 Å². The molecule has 0 aliphatic carbocycles. The van der Waals surface area contributed by atoms with Crippen molar-refractivity contribution in [2.24, 2.45) is 27.9 Å². The molecule has 0 fully saturated rings. The number of rotatable bonds is 20. The van der Waals surface area contributed by atoms with Crippen LogP contribution in [0.4, 0.5) is 0 Å². The number of hydrogen-bond acceptors (Lipinski definition) is 9. The predicted molar refractivity (Wildman–Crippen MR) is 146 cm³/mol. The zero-order chi connectivity index (χ0) is 28.4. The molecule has 0 saturated carbocycles. The topological polar surface area (TPSA) is 258 Å². The van der Waals surface area contributed by atoms with Crippen molar-refractivity contribution in [2.75, 3.05) is 30.6 Å². The van der Waals surface area contributed by atoms with E-state index < -0.39 is 53.8 Å². The molecular weight excluding hydrogens is 524 g/mol. The summed E-state index contributed by atoms with van der Waals surface area (Å²) >= 11 is 2.93. The van der Waals surface area contributed by atoms with Crippen molar-refractivity contribution >= 4 is 59.1 Å². The number of primary amides is 1. The Morgan fingerprint density at radius 2 is 1.30 bits per heavy atom. The van der Waals surface area contributed by atoms with Crippen LogP contribution in [-0.2, 0) is 24.0 Å². The second-order valence-corrected chi connectivity index (χ2v) is 10.1. The second-order valence-electron chi connectivity index (χ2n) is 8.15. The number of carbonyl (C=O) groups is 5. The summed E-state index contributed by atoms with van der Waals surface area (Å²) in [5, 5.41) is 17.0. The Hall–Kier alpha value is -2.72. The summed E-state index contributed by atoms with van der Waals surface area (Å²) < 4.78 is 0. The molecule has 0 bridgehead atoms. The number of hydrogen-bond donors (Lipinski definition) is 8. The second kappa shape index (κ2) is 19.4. The summed E-state index contributed by atoms with van der Waals surface area (Å²) in [4.78, 5) is 65.3. The van der Waals surface area contributed by atoms with Crippen LogP contribution < -0.4 is 38.9 Å². The molecule has 0 rings (SSSR count). The lowest BCUT2D eigenvalue weighted by Crippen LogP contribution is -2.57. The van der Waals surface area contributed by atoms with Gasteiger partial charge in [-0.3, -0.25) is 24.2 Å². The molecule has 12 N–H and O–H groups in total. The number of carboxylic acid groups (broad SMARTS) is 1. The fourth-order valence-corrected chi connectivity index (χ4v) is 3.98. The van der Waals surface area contributed by atoms with Gasteiger partial charge in [0.2, 0.25) is 23.6 Å². The summed E-state index contributed by atoms with van der Waals surface area (Å²) in [7, 11) is 0. The highest BCUT2D eigenvalue weighted by atomic mass is 32.2. The van der Waals surface area contributed by atoms with Gasteiger partial charge in [0.05, 0.1) is 6.04 Å². The minimum Gasteiger partial charge on any atom is -0.480 e. The van der Waals surface area contributed by atoms with E-state index in [2.05, 4.69) is 20.9 Å². The predicted octanol–water partition coefficient (Wildman–Crippen LogP) is -2.32. The van der Waals surface area contributed by atoms with Gasteiger partial charge in [-0.05, 0) is 56.1 Å². The van der Waals surface area contributed by atoms with Crippen molar-refractivity contribution in [3.8, 4) is 0 Å². The lowest BCUT2D eigenvalue weighted by atomic mass is 10.1. The molecule has 4 amide bonds. The van der Waals surface area contributed by atoms with Gasteiger partial charge in [-0.15, -0.1) is 0 Å². The molecule has 4 atom stereocenters. The molecule has 0 aromatic rings. The Bertz CT molecular complexity index is 797. The zero-order valence-corrected chi connectivity index (χ0v) is 22.9. The van der Waals surface area contributed by atoms with E-state index >= 15 is 0 Å². The fraction of sp³-hybridized carbons (Fsp3) is 0.714. The Morgan fingerprint density at radius 1 is 0.784 bits per heavy atom. The Balaban J connectivity index is 5.63. The normalized spacial score (nSPS) is 13.9. The largest absolute Gasteiger partial charge is 0.480 e. The van der Waals surface area contributed by atoms with Gasteiger partial charge in [-0.25, -0.2) is 4.79 Å². The van der Waals surface area contributed by atoms with Crippen molar-refractivity contribution in [2.45, 2.75) is 62.7 Å². The summed E-state index contributed by atoms with van der Waals surface area (Å²) in [5.74, 6) is -2.95. The number of thioether (sulfide) groups is 2. The van der Waals surface area contributed by atoms with Gasteiger partial charge in [0.25, 0.3) is 0 Å². The van der Waals surface area contributed by atoms with E-state index in [4.69, 9.17) is 22.9 Å². The number of aliphatic imine (C=N–C) groups is 1. The molecule has 14 nitrogen and oxygen atoms in total. The number of carboxylic acids is 1. The van der Waals surface area contributed by atoms with Crippen LogP contribution >= 0.6 is 23.5 Å². The first-order valence-corrected chi connectivity index (χ1v) is 14.4. The van der Waals surface area contributed by atoms with E-state index in [0.29, 0.717) is 17.9 Å². The van der Waals surface area contributed by atoms with Crippen LogP contribution in [0.2, 0.25) is 0 Å². The van der Waals surface area contributed by atoms with Gasteiger partial charge < -0.3 is 44.0 Å². The molecule has 0 saturated heterocycles. The highest BCUT2D eigenvalue weighted by Gasteiger charge is 2.30. The van der Waals surface area contributed by atoms with E-state index in [9.17, 15) is 29.1 Å². The van der Waals surface area contributed by atoms with Crippen LogP contribution in [0.15, 0.2) is 4.99 Å². The van der Waals surface area contributed by atoms with Crippen LogP contribution in [0.5, 0.6) is 0 Å². The SMILES string of the molecule is CSCCC(N)C(=O)NC(CCC(N)=O)C(=O)NC(CCCN=C(N)N)C(=O)NC(CCSC)C(=O)O. The maximum absolute atomic E-state index is 13.1. The first-order valence-electron chi connectivity index (χ1n) is 11.6. The molecule has 0 heterocycles. The average Bonchev–Trinajstić information content (AvgIpc) is 2.83. The average molecular weight is 565 g/mol. The Labute approximate surface area is 225 Å². The van der Waals surface area contributed by atoms with E-state index in [1.165, 1.54) is 23.5 Å². The van der Waals surface area contributed by atoms with Crippen molar-refractivity contribution in [1.82, 2.24) is 16.0 Å². The number of aliphatic carboxylic acids is 1. The number of nitrogens with one attached hydrogen (secondary N) is 3. The monoisotopic (exact) mass is 564 g/mol. The van der Waals surface area contributed by atoms with E-state index in [1.807, 2.05) is 6.26 Å². The Kier molecular flexibility index (Phi) is 18.0. The van der Waals surface area contributed by atoms with Crippen molar-refractivity contribution in [1.29, 1.82) is 0 Å². The van der Waals surface area contributed by atoms with Crippen LogP contribution in [-0.4, -0.2) is 95.4 Å². The van der Waals surface area contributed by atoms with E-state index in [1.54, 1.807) is 6.26 Å². The van der Waals surface area contributed by atoms with Gasteiger partial charge in [-0.1, -0.05) is 0 Å². The molecule has 0 aromatic carbocycles. The van der Waals surface area contributed by atoms with Crippen molar-refractivity contribution in [3.05, 3.63) is 0 Å². The summed E-state index contributed by atoms with van der Waals surface area (Å²) in [6, 6.07) is -4.38. The third-order valence-electron chi connectivity index (χ3n) is 5.09. The minimum absolute atomic E-state index is 0.0763. The molecule has 0 aromatic heterocycles. The van der Waals surface area contributed by atoms with E-state index in [-0.39, 0.29) is 44.6 Å². The van der Waals surface area contributed by atoms with Gasteiger partial charge >= 0.3 is 5.97 Å². The smallest absolute Gasteiger partial charge is 0.326 e. The lowest BCUT2D eigenvalue weighted by molar-refractivity contribution is -0.142. The number of carbonyl (C=O) groups excluding carboxylic acids is 4. The summed E-state index contributed by atoms with van der Waals surface area (Å²) in [6.07, 6.45) is 4.28. The Morgan fingerprint density at radius 3 is 1.81 bits per heavy atom. The molecule has 16 heteroatoms. The third-order valence-corrected chi connectivity index (χ3v) is 6.37. The number of guanidine groups is 1. The zero-order valence-electron chi connectivity index (χ0n) is 21.2. The molecule has 0 radical (unpaired) electrons. The number of nitrogens with zero attached hydrogens (tertiary/aromatic N) is 1. The number of amides is 4. The molecule has 0 aliphatic heterocycles. The molecule has 0 aliphatic rings.